The van der Waals surface area contributed by atoms with Crippen molar-refractivity contribution in [2.75, 3.05) is 13.1 Å². The van der Waals surface area contributed by atoms with Gasteiger partial charge in [0.05, 0.1) is 12.1 Å². The fourth-order valence-electron chi connectivity index (χ4n) is 4.49. The molecular formula is C24H25FN2O2. The Kier molecular flexibility index (Phi) is 5.22. The van der Waals surface area contributed by atoms with E-state index < -0.39 is 0 Å². The van der Waals surface area contributed by atoms with Gasteiger partial charge in [-0.15, -0.1) is 0 Å². The summed E-state index contributed by atoms with van der Waals surface area (Å²) in [5.74, 6) is -0.0709. The molecule has 2 amide bonds. The molecule has 2 unspecified atom stereocenters. The largest absolute Gasteiger partial charge is 0.366 e. The van der Waals surface area contributed by atoms with Crippen LogP contribution in [0.4, 0.5) is 4.39 Å². The maximum Gasteiger partial charge on any atom is 0.278 e. The first kappa shape index (κ1) is 19.4. The van der Waals surface area contributed by atoms with Crippen molar-refractivity contribution in [3.63, 3.8) is 0 Å². The van der Waals surface area contributed by atoms with E-state index in [1.54, 1.807) is 12.1 Å². The molecule has 0 N–H and O–H groups in total. The highest BCUT2D eigenvalue weighted by atomic mass is 19.1. The third kappa shape index (κ3) is 3.82. The van der Waals surface area contributed by atoms with Crippen LogP contribution in [0.3, 0.4) is 0 Å². The number of hydrogen-bond acceptors (Lipinski definition) is 3. The fourth-order valence-corrected chi connectivity index (χ4v) is 4.49. The van der Waals surface area contributed by atoms with Gasteiger partial charge in [0.25, 0.3) is 11.8 Å². The molecule has 150 valence electrons. The molecule has 0 aromatic heterocycles. The van der Waals surface area contributed by atoms with Crippen molar-refractivity contribution in [3.8, 4) is 0 Å². The molecule has 1 fully saturated rings. The normalized spacial score (nSPS) is 22.6. The number of nitrogens with zero attached hydrogens (tertiary/aromatic N) is 2. The van der Waals surface area contributed by atoms with E-state index in [4.69, 9.17) is 0 Å². The van der Waals surface area contributed by atoms with Crippen molar-refractivity contribution in [3.05, 3.63) is 77.2 Å². The molecule has 0 spiro atoms. The zero-order valence-corrected chi connectivity index (χ0v) is 16.8. The molecule has 5 heteroatoms. The van der Waals surface area contributed by atoms with Gasteiger partial charge in [0.1, 0.15) is 11.5 Å². The van der Waals surface area contributed by atoms with E-state index in [-0.39, 0.29) is 24.2 Å². The van der Waals surface area contributed by atoms with E-state index in [0.717, 1.165) is 25.1 Å². The monoisotopic (exact) mass is 392 g/mol. The zero-order valence-electron chi connectivity index (χ0n) is 16.8. The second-order valence-corrected chi connectivity index (χ2v) is 8.26. The molecule has 0 aliphatic carbocycles. The van der Waals surface area contributed by atoms with Gasteiger partial charge in [0.2, 0.25) is 0 Å². The molecule has 4 nitrogen and oxygen atoms in total. The summed E-state index contributed by atoms with van der Waals surface area (Å²) in [6, 6.07) is 15.3. The van der Waals surface area contributed by atoms with Gasteiger partial charge in [0, 0.05) is 13.1 Å². The first-order chi connectivity index (χ1) is 13.9. The van der Waals surface area contributed by atoms with Gasteiger partial charge in [-0.3, -0.25) is 14.5 Å². The van der Waals surface area contributed by atoms with E-state index >= 15 is 0 Å². The Bertz CT molecular complexity index is 943. The molecular weight excluding hydrogens is 367 g/mol. The van der Waals surface area contributed by atoms with Crippen molar-refractivity contribution in [2.24, 2.45) is 11.8 Å². The van der Waals surface area contributed by atoms with Crippen LogP contribution in [0.5, 0.6) is 0 Å². The van der Waals surface area contributed by atoms with Gasteiger partial charge >= 0.3 is 0 Å². The van der Waals surface area contributed by atoms with Crippen LogP contribution in [-0.2, 0) is 16.1 Å². The topological polar surface area (TPSA) is 40.6 Å². The van der Waals surface area contributed by atoms with Crippen LogP contribution in [-0.4, -0.2) is 34.7 Å². The number of carbonyl (C=O) groups excluding carboxylic acids is 2. The summed E-state index contributed by atoms with van der Waals surface area (Å²) in [6.45, 7) is 6.05. The fraction of sp³-hybridized carbons (Fsp3) is 0.333. The second-order valence-electron chi connectivity index (χ2n) is 8.26. The Labute approximate surface area is 170 Å². The van der Waals surface area contributed by atoms with Crippen LogP contribution < -0.4 is 0 Å². The number of likely N-dealkylation sites (tertiary alicyclic amines) is 1. The number of hydrogen-bond donors (Lipinski definition) is 0. The number of benzene rings is 2. The highest BCUT2D eigenvalue weighted by Gasteiger charge is 2.42. The number of carbonyl (C=O) groups is 2. The highest BCUT2D eigenvalue weighted by molar-refractivity contribution is 6.35. The molecule has 2 heterocycles. The Morgan fingerprint density at radius 3 is 2.14 bits per heavy atom. The summed E-state index contributed by atoms with van der Waals surface area (Å²) in [5.41, 5.74) is 2.32. The van der Waals surface area contributed by atoms with Gasteiger partial charge in [-0.25, -0.2) is 4.39 Å². The van der Waals surface area contributed by atoms with E-state index in [2.05, 4.69) is 18.7 Å². The molecule has 4 rings (SSSR count). The van der Waals surface area contributed by atoms with Crippen molar-refractivity contribution < 1.29 is 14.0 Å². The standard InChI is InChI=1S/C24H25FN2O2/c1-16-12-17(2)14-26(13-16)22-21(19-8-10-20(25)11-9-19)23(28)27(24(22)29)15-18-6-4-3-5-7-18/h3-11,16-17H,12-15H2,1-2H3. The molecule has 0 radical (unpaired) electrons. The average Bonchev–Trinajstić information content (AvgIpc) is 2.93. The SMILES string of the molecule is CC1CC(C)CN(C2=C(c3ccc(F)cc3)C(=O)N(Cc3ccccc3)C2=O)C1. The number of imide groups is 1. The van der Waals surface area contributed by atoms with Crippen molar-refractivity contribution >= 4 is 17.4 Å². The zero-order chi connectivity index (χ0) is 20.5. The molecule has 2 aliphatic rings. The quantitative estimate of drug-likeness (QED) is 0.736. The molecule has 29 heavy (non-hydrogen) atoms. The second kappa shape index (κ2) is 7.82. The number of amides is 2. The molecule has 0 bridgehead atoms. The van der Waals surface area contributed by atoms with E-state index in [9.17, 15) is 14.0 Å². The third-order valence-electron chi connectivity index (χ3n) is 5.65. The summed E-state index contributed by atoms with van der Waals surface area (Å²) in [7, 11) is 0. The molecule has 2 atom stereocenters. The van der Waals surface area contributed by atoms with Gasteiger partial charge < -0.3 is 4.90 Å². The Hall–Kier alpha value is -2.95. The first-order valence-corrected chi connectivity index (χ1v) is 10.1. The number of piperidine rings is 1. The first-order valence-electron chi connectivity index (χ1n) is 10.1. The minimum Gasteiger partial charge on any atom is -0.366 e. The lowest BCUT2D eigenvalue weighted by Crippen LogP contribution is -2.41. The van der Waals surface area contributed by atoms with Gasteiger partial charge in [0.15, 0.2) is 0 Å². The summed E-state index contributed by atoms with van der Waals surface area (Å²) in [6.07, 6.45) is 1.10. The van der Waals surface area contributed by atoms with Gasteiger partial charge in [-0.2, -0.15) is 0 Å². The lowest BCUT2D eigenvalue weighted by Gasteiger charge is -2.37. The van der Waals surface area contributed by atoms with Crippen LogP contribution in [0.15, 0.2) is 60.3 Å². The van der Waals surface area contributed by atoms with E-state index in [1.807, 2.05) is 30.3 Å². The third-order valence-corrected chi connectivity index (χ3v) is 5.65. The van der Waals surface area contributed by atoms with Crippen LogP contribution >= 0.6 is 0 Å². The van der Waals surface area contributed by atoms with E-state index in [0.29, 0.717) is 28.7 Å². The minimum atomic E-state index is -0.367. The lowest BCUT2D eigenvalue weighted by molar-refractivity contribution is -0.138. The van der Waals surface area contributed by atoms with E-state index in [1.165, 1.54) is 17.0 Å². The number of rotatable bonds is 4. The molecule has 0 saturated carbocycles. The smallest absolute Gasteiger partial charge is 0.278 e. The summed E-state index contributed by atoms with van der Waals surface area (Å²) in [4.78, 5) is 30.1. The van der Waals surface area contributed by atoms with Crippen LogP contribution in [0.25, 0.3) is 5.57 Å². The molecule has 1 saturated heterocycles. The number of halogens is 1. The predicted molar refractivity (Wildman–Crippen MR) is 110 cm³/mol. The maximum atomic E-state index is 13.5. The predicted octanol–water partition coefficient (Wildman–Crippen LogP) is 4.08. The Morgan fingerprint density at radius 2 is 1.52 bits per heavy atom. The van der Waals surface area contributed by atoms with Gasteiger partial charge in [-0.05, 0) is 41.5 Å². The average molecular weight is 392 g/mol. The van der Waals surface area contributed by atoms with Crippen molar-refractivity contribution in [2.45, 2.75) is 26.8 Å². The van der Waals surface area contributed by atoms with Crippen molar-refractivity contribution in [1.82, 2.24) is 9.80 Å². The van der Waals surface area contributed by atoms with Crippen LogP contribution in [0, 0.1) is 17.7 Å². The maximum absolute atomic E-state index is 13.5. The molecule has 2 aliphatic heterocycles. The Morgan fingerprint density at radius 1 is 0.897 bits per heavy atom. The molecule has 2 aromatic carbocycles. The summed E-state index contributed by atoms with van der Waals surface area (Å²) in [5, 5.41) is 0. The Balaban J connectivity index is 1.75. The van der Waals surface area contributed by atoms with Crippen LogP contribution in [0.1, 0.15) is 31.4 Å². The molecule has 2 aromatic rings. The summed E-state index contributed by atoms with van der Waals surface area (Å²) >= 11 is 0. The van der Waals surface area contributed by atoms with Crippen molar-refractivity contribution in [1.29, 1.82) is 0 Å². The minimum absolute atomic E-state index is 0.228. The lowest BCUT2D eigenvalue weighted by atomic mass is 9.91. The van der Waals surface area contributed by atoms with Gasteiger partial charge in [-0.1, -0.05) is 56.3 Å². The summed E-state index contributed by atoms with van der Waals surface area (Å²) < 4.78 is 13.5. The van der Waals surface area contributed by atoms with Crippen LogP contribution in [0.2, 0.25) is 0 Å². The highest BCUT2D eigenvalue weighted by Crippen LogP contribution is 2.35.